The summed E-state index contributed by atoms with van der Waals surface area (Å²) in [5, 5.41) is 20.7. The van der Waals surface area contributed by atoms with Crippen LogP contribution in [0.15, 0.2) is 60.7 Å². The number of ether oxygens (including phenoxy) is 2. The number of carboxylic acid groups (broad SMARTS) is 1. The van der Waals surface area contributed by atoms with Gasteiger partial charge in [0.25, 0.3) is 0 Å². The number of unbranched alkanes of at least 4 members (excludes halogenated alkanes) is 1. The summed E-state index contributed by atoms with van der Waals surface area (Å²) < 4.78 is 10.6. The van der Waals surface area contributed by atoms with Crippen LogP contribution in [0.25, 0.3) is 0 Å². The van der Waals surface area contributed by atoms with Gasteiger partial charge in [-0.25, -0.2) is 14.4 Å². The van der Waals surface area contributed by atoms with E-state index in [1.165, 1.54) is 0 Å². The van der Waals surface area contributed by atoms with E-state index in [4.69, 9.17) is 15.2 Å². The summed E-state index contributed by atoms with van der Waals surface area (Å²) in [6, 6.07) is 14.4. The second kappa shape index (κ2) is 15.1. The van der Waals surface area contributed by atoms with Crippen LogP contribution in [0.5, 0.6) is 0 Å². The molecule has 2 aromatic carbocycles. The number of hydrogen-bond donors (Lipinski definition) is 4. The average Bonchev–Trinajstić information content (AvgIpc) is 2.89. The van der Waals surface area contributed by atoms with E-state index in [9.17, 15) is 29.4 Å². The number of amides is 3. The highest BCUT2D eigenvalue weighted by Crippen LogP contribution is 2.16. The maximum atomic E-state index is 13.1. The molecule has 11 nitrogen and oxygen atoms in total. The van der Waals surface area contributed by atoms with Crippen LogP contribution in [0, 0.1) is 0 Å². The second-order valence-electron chi connectivity index (χ2n) is 7.83. The van der Waals surface area contributed by atoms with E-state index in [2.05, 4.69) is 5.32 Å². The topological polar surface area (TPSA) is 168 Å². The summed E-state index contributed by atoms with van der Waals surface area (Å²) in [6.45, 7) is -0.922. The van der Waals surface area contributed by atoms with Gasteiger partial charge in [-0.1, -0.05) is 60.7 Å². The summed E-state index contributed by atoms with van der Waals surface area (Å²) in [4.78, 5) is 51.0. The minimum Gasteiger partial charge on any atom is -0.480 e. The molecule has 0 fully saturated rings. The van der Waals surface area contributed by atoms with E-state index in [1.807, 2.05) is 0 Å². The maximum absolute atomic E-state index is 13.1. The van der Waals surface area contributed by atoms with Crippen LogP contribution in [0.4, 0.5) is 9.59 Å². The number of carboxylic acids is 1. The van der Waals surface area contributed by atoms with Gasteiger partial charge < -0.3 is 30.7 Å². The molecule has 5 N–H and O–H groups in total. The molecule has 0 aliphatic carbocycles. The molecule has 0 unspecified atom stereocenters. The van der Waals surface area contributed by atoms with Gasteiger partial charge in [0.1, 0.15) is 25.3 Å². The van der Waals surface area contributed by atoms with E-state index < -0.39 is 42.8 Å². The largest absolute Gasteiger partial charge is 0.480 e. The third-order valence-electron chi connectivity index (χ3n) is 5.15. The lowest BCUT2D eigenvalue weighted by molar-refractivity contribution is -0.143. The molecule has 0 saturated carbocycles. The lowest BCUT2D eigenvalue weighted by Gasteiger charge is -2.29. The Balaban J connectivity index is 2.29. The van der Waals surface area contributed by atoms with Gasteiger partial charge in [-0.2, -0.15) is 4.90 Å². The van der Waals surface area contributed by atoms with Gasteiger partial charge in [0, 0.05) is 0 Å². The third kappa shape index (κ3) is 9.01. The van der Waals surface area contributed by atoms with E-state index in [0.29, 0.717) is 35.4 Å². The third-order valence-corrected chi connectivity index (χ3v) is 5.15. The fourth-order valence-electron chi connectivity index (χ4n) is 3.22. The predicted molar refractivity (Wildman–Crippen MR) is 128 cm³/mol. The van der Waals surface area contributed by atoms with Crippen molar-refractivity contribution in [1.29, 1.82) is 0 Å². The quantitative estimate of drug-likeness (QED) is 0.300. The molecule has 0 aliphatic rings. The molecule has 2 rings (SSSR count). The number of nitrogens with two attached hydrogens (primary N) is 1. The lowest BCUT2D eigenvalue weighted by atomic mass is 10.1. The number of aliphatic hydroxyl groups is 1. The van der Waals surface area contributed by atoms with Crippen LogP contribution in [0.3, 0.4) is 0 Å². The Bertz CT molecular complexity index is 932. The fourth-order valence-corrected chi connectivity index (χ4v) is 3.22. The number of benzene rings is 2. The Kier molecular flexibility index (Phi) is 11.9. The molecule has 0 saturated heterocycles. The molecular weight excluding hydrogens is 470 g/mol. The molecule has 2 atom stereocenters. The molecular formula is C25H31N3O8. The number of rotatable bonds is 13. The first-order chi connectivity index (χ1) is 17.4. The van der Waals surface area contributed by atoms with Crippen molar-refractivity contribution in [2.45, 2.75) is 44.6 Å². The number of nitrogens with zero attached hydrogens (tertiary/aromatic N) is 1. The summed E-state index contributed by atoms with van der Waals surface area (Å²) in [6.07, 6.45) is -1.47. The molecule has 194 valence electrons. The molecule has 0 aromatic heterocycles. The Morgan fingerprint density at radius 2 is 1.36 bits per heavy atom. The first-order valence-electron chi connectivity index (χ1n) is 11.4. The molecule has 0 bridgehead atoms. The first kappa shape index (κ1) is 28.3. The van der Waals surface area contributed by atoms with Crippen LogP contribution < -0.4 is 11.1 Å². The molecule has 11 heteroatoms. The SMILES string of the molecule is NCCCC[C@H](C(=O)N[C@H](CO)C(=O)O)N(C(=O)OCc1ccccc1)C(=O)OCc1ccccc1. The predicted octanol–water partition coefficient (Wildman–Crippen LogP) is 2.02. The van der Waals surface area contributed by atoms with Crippen LogP contribution >= 0.6 is 0 Å². The van der Waals surface area contributed by atoms with Gasteiger partial charge in [-0.15, -0.1) is 0 Å². The van der Waals surface area contributed by atoms with E-state index in [1.54, 1.807) is 60.7 Å². The minimum absolute atomic E-state index is 0.0261. The van der Waals surface area contributed by atoms with E-state index in [0.717, 1.165) is 0 Å². The molecule has 2 aromatic rings. The van der Waals surface area contributed by atoms with Crippen LogP contribution in [-0.2, 0) is 32.3 Å². The number of carbonyl (C=O) groups excluding carboxylic acids is 3. The highest BCUT2D eigenvalue weighted by atomic mass is 16.6. The zero-order valence-corrected chi connectivity index (χ0v) is 19.7. The van der Waals surface area contributed by atoms with Gasteiger partial charge >= 0.3 is 18.2 Å². The van der Waals surface area contributed by atoms with Crippen LogP contribution in [0.1, 0.15) is 30.4 Å². The van der Waals surface area contributed by atoms with Crippen molar-refractivity contribution in [3.63, 3.8) is 0 Å². The molecule has 0 spiro atoms. The molecule has 3 amide bonds. The van der Waals surface area contributed by atoms with Crippen molar-refractivity contribution < 1.29 is 38.9 Å². The standard InChI is InChI=1S/C25H31N3O8/c26-14-8-7-13-21(22(30)27-20(15-29)23(31)32)28(24(33)35-16-18-9-3-1-4-10-18)25(34)36-17-19-11-5-2-6-12-19/h1-6,9-12,20-21,29H,7-8,13-17,26H2,(H,27,30)(H,31,32)/t20-,21-/m1/s1. The lowest BCUT2D eigenvalue weighted by Crippen LogP contribution is -2.56. The fraction of sp³-hybridized carbons (Fsp3) is 0.360. The van der Waals surface area contributed by atoms with Crippen molar-refractivity contribution in [3.05, 3.63) is 71.8 Å². The smallest absolute Gasteiger partial charge is 0.420 e. The summed E-state index contributed by atoms with van der Waals surface area (Å²) in [5.74, 6) is -2.43. The van der Waals surface area contributed by atoms with Gasteiger partial charge in [-0.3, -0.25) is 4.79 Å². The number of hydrogen-bond acceptors (Lipinski definition) is 8. The Morgan fingerprint density at radius 3 is 1.78 bits per heavy atom. The van der Waals surface area contributed by atoms with E-state index >= 15 is 0 Å². The zero-order valence-electron chi connectivity index (χ0n) is 19.7. The van der Waals surface area contributed by atoms with Crippen molar-refractivity contribution in [3.8, 4) is 0 Å². The van der Waals surface area contributed by atoms with E-state index in [-0.39, 0.29) is 19.6 Å². The molecule has 36 heavy (non-hydrogen) atoms. The molecule has 0 radical (unpaired) electrons. The van der Waals surface area contributed by atoms with Gasteiger partial charge in [0.15, 0.2) is 0 Å². The van der Waals surface area contributed by atoms with Gasteiger partial charge in [0.05, 0.1) is 6.61 Å². The highest BCUT2D eigenvalue weighted by Gasteiger charge is 2.38. The van der Waals surface area contributed by atoms with Crippen molar-refractivity contribution in [2.24, 2.45) is 5.73 Å². The maximum Gasteiger partial charge on any atom is 0.420 e. The van der Waals surface area contributed by atoms with Crippen molar-refractivity contribution in [1.82, 2.24) is 10.2 Å². The summed E-state index contributed by atoms with van der Waals surface area (Å²) in [5.41, 5.74) is 6.85. The number of aliphatic hydroxyl groups excluding tert-OH is 1. The molecule has 0 aliphatic heterocycles. The number of carbonyl (C=O) groups is 4. The average molecular weight is 502 g/mol. The highest BCUT2D eigenvalue weighted by molar-refractivity contribution is 5.96. The van der Waals surface area contributed by atoms with Crippen LogP contribution in [0.2, 0.25) is 0 Å². The number of nitrogens with one attached hydrogen (secondary N) is 1. The van der Waals surface area contributed by atoms with Crippen molar-refractivity contribution in [2.75, 3.05) is 13.2 Å². The van der Waals surface area contributed by atoms with Gasteiger partial charge in [-0.05, 0) is 36.9 Å². The Labute approximate surface area is 208 Å². The monoisotopic (exact) mass is 501 g/mol. The zero-order chi connectivity index (χ0) is 26.3. The second-order valence-corrected chi connectivity index (χ2v) is 7.83. The normalized spacial score (nSPS) is 12.2. The number of imide groups is 1. The minimum atomic E-state index is -1.63. The Hall–Kier alpha value is -3.96. The van der Waals surface area contributed by atoms with Crippen molar-refractivity contribution >= 4 is 24.1 Å². The molecule has 0 heterocycles. The first-order valence-corrected chi connectivity index (χ1v) is 11.4. The summed E-state index contributed by atoms with van der Waals surface area (Å²) in [7, 11) is 0. The van der Waals surface area contributed by atoms with Gasteiger partial charge in [0.2, 0.25) is 5.91 Å². The summed E-state index contributed by atoms with van der Waals surface area (Å²) >= 11 is 0. The van der Waals surface area contributed by atoms with Crippen LogP contribution in [-0.4, -0.2) is 64.4 Å². The Morgan fingerprint density at radius 1 is 0.861 bits per heavy atom. The number of aliphatic carboxylic acids is 1.